The van der Waals surface area contributed by atoms with Crippen molar-refractivity contribution in [2.75, 3.05) is 7.05 Å². The van der Waals surface area contributed by atoms with E-state index in [1.807, 2.05) is 55.5 Å². The number of ether oxygens (including phenoxy) is 1. The van der Waals surface area contributed by atoms with Crippen LogP contribution in [0.5, 0.6) is 5.75 Å². The third-order valence-corrected chi connectivity index (χ3v) is 4.44. The molecule has 0 N–H and O–H groups in total. The molecule has 7 heteroatoms. The van der Waals surface area contributed by atoms with Gasteiger partial charge in [-0.3, -0.25) is 4.79 Å². The number of benzene rings is 2. The van der Waals surface area contributed by atoms with Crippen molar-refractivity contribution < 1.29 is 14.1 Å². The lowest BCUT2D eigenvalue weighted by molar-refractivity contribution is -0.137. The molecular weight excluding hydrogens is 410 g/mol. The Hall–Kier alpha value is -2.67. The van der Waals surface area contributed by atoms with E-state index in [2.05, 4.69) is 26.1 Å². The molecule has 0 aliphatic rings. The van der Waals surface area contributed by atoms with Crippen LogP contribution in [-0.4, -0.2) is 34.1 Å². The highest BCUT2D eigenvalue weighted by molar-refractivity contribution is 9.10. The van der Waals surface area contributed by atoms with Crippen LogP contribution < -0.4 is 4.74 Å². The Morgan fingerprint density at radius 2 is 2.04 bits per heavy atom. The lowest BCUT2D eigenvalue weighted by atomic mass is 10.2. The summed E-state index contributed by atoms with van der Waals surface area (Å²) >= 11 is 3.42. The molecule has 0 saturated heterocycles. The summed E-state index contributed by atoms with van der Waals surface area (Å²) in [6.07, 6.45) is -0.621. The molecular formula is C20H20BrN3O3. The van der Waals surface area contributed by atoms with Gasteiger partial charge < -0.3 is 14.2 Å². The summed E-state index contributed by atoms with van der Waals surface area (Å²) in [4.78, 5) is 18.4. The molecule has 2 aromatic carbocycles. The maximum atomic E-state index is 12.6. The van der Waals surface area contributed by atoms with Crippen LogP contribution in [-0.2, 0) is 11.3 Å². The lowest BCUT2D eigenvalue weighted by Gasteiger charge is -2.20. The first-order chi connectivity index (χ1) is 12.9. The molecule has 1 heterocycles. The average Bonchev–Trinajstić information content (AvgIpc) is 3.09. The molecule has 1 amide bonds. The summed E-state index contributed by atoms with van der Waals surface area (Å²) in [7, 11) is 1.68. The second kappa shape index (κ2) is 8.35. The number of nitrogens with zero attached hydrogens (tertiary/aromatic N) is 3. The van der Waals surface area contributed by atoms with E-state index in [9.17, 15) is 4.79 Å². The van der Waals surface area contributed by atoms with Gasteiger partial charge >= 0.3 is 0 Å². The van der Waals surface area contributed by atoms with Gasteiger partial charge in [-0.1, -0.05) is 45.4 Å². The molecule has 1 atom stereocenters. The molecule has 3 rings (SSSR count). The van der Waals surface area contributed by atoms with Crippen molar-refractivity contribution in [1.29, 1.82) is 0 Å². The molecule has 0 unspecified atom stereocenters. The highest BCUT2D eigenvalue weighted by atomic mass is 79.9. The third kappa shape index (κ3) is 4.95. The maximum Gasteiger partial charge on any atom is 0.263 e. The van der Waals surface area contributed by atoms with Gasteiger partial charge in [0.2, 0.25) is 11.7 Å². The van der Waals surface area contributed by atoms with Crippen LogP contribution in [0.25, 0.3) is 11.4 Å². The fraction of sp³-hybridized carbons (Fsp3) is 0.250. The topological polar surface area (TPSA) is 68.5 Å². The van der Waals surface area contributed by atoms with Crippen LogP contribution in [0.2, 0.25) is 0 Å². The van der Waals surface area contributed by atoms with E-state index in [4.69, 9.17) is 9.26 Å². The summed E-state index contributed by atoms with van der Waals surface area (Å²) in [6, 6.07) is 15.2. The zero-order valence-electron chi connectivity index (χ0n) is 15.3. The number of carbonyl (C=O) groups excluding carboxylic acids is 1. The molecule has 0 spiro atoms. The normalized spacial score (nSPS) is 11.9. The standard InChI is InChI=1S/C20H20BrN3O3/c1-13-6-4-9-17(10-13)26-14(2)20(25)24(3)12-18-22-19(23-27-18)15-7-5-8-16(21)11-15/h4-11,14H,12H2,1-3H3/t14-/m0/s1. The molecule has 0 saturated carbocycles. The molecule has 0 aliphatic carbocycles. The number of carbonyl (C=O) groups is 1. The average molecular weight is 430 g/mol. The minimum atomic E-state index is -0.621. The molecule has 0 bridgehead atoms. The fourth-order valence-electron chi connectivity index (χ4n) is 2.60. The van der Waals surface area contributed by atoms with Crippen molar-refractivity contribution in [3.63, 3.8) is 0 Å². The smallest absolute Gasteiger partial charge is 0.263 e. The van der Waals surface area contributed by atoms with Gasteiger partial charge in [-0.15, -0.1) is 0 Å². The van der Waals surface area contributed by atoms with E-state index in [0.717, 1.165) is 15.6 Å². The van der Waals surface area contributed by atoms with Crippen molar-refractivity contribution in [1.82, 2.24) is 15.0 Å². The van der Waals surface area contributed by atoms with Crippen molar-refractivity contribution in [3.8, 4) is 17.1 Å². The number of aryl methyl sites for hydroxylation is 1. The van der Waals surface area contributed by atoms with Gasteiger partial charge in [-0.2, -0.15) is 4.98 Å². The number of hydrogen-bond donors (Lipinski definition) is 0. The SMILES string of the molecule is Cc1cccc(O[C@@H](C)C(=O)N(C)Cc2nc(-c3cccc(Br)c3)no2)c1. The largest absolute Gasteiger partial charge is 0.481 e. The van der Waals surface area contributed by atoms with E-state index in [0.29, 0.717) is 17.5 Å². The fourth-order valence-corrected chi connectivity index (χ4v) is 3.00. The first kappa shape index (κ1) is 19.1. The Bertz CT molecular complexity index is 941. The number of hydrogen-bond acceptors (Lipinski definition) is 5. The van der Waals surface area contributed by atoms with Gasteiger partial charge in [0.25, 0.3) is 5.91 Å². The quantitative estimate of drug-likeness (QED) is 0.586. The predicted molar refractivity (Wildman–Crippen MR) is 105 cm³/mol. The second-order valence-electron chi connectivity index (χ2n) is 6.29. The van der Waals surface area contributed by atoms with Crippen LogP contribution in [0.4, 0.5) is 0 Å². The van der Waals surface area contributed by atoms with Crippen molar-refractivity contribution >= 4 is 21.8 Å². The summed E-state index contributed by atoms with van der Waals surface area (Å²) in [5, 5.41) is 3.99. The van der Waals surface area contributed by atoms with Crippen LogP contribution in [0.1, 0.15) is 18.4 Å². The number of likely N-dealkylation sites (N-methyl/N-ethyl adjacent to an activating group) is 1. The van der Waals surface area contributed by atoms with E-state index >= 15 is 0 Å². The van der Waals surface area contributed by atoms with Crippen LogP contribution >= 0.6 is 15.9 Å². The van der Waals surface area contributed by atoms with Crippen LogP contribution in [0.15, 0.2) is 57.5 Å². The first-order valence-electron chi connectivity index (χ1n) is 8.49. The highest BCUT2D eigenvalue weighted by Crippen LogP contribution is 2.21. The Morgan fingerprint density at radius 3 is 2.78 bits per heavy atom. The van der Waals surface area contributed by atoms with Crippen molar-refractivity contribution in [2.45, 2.75) is 26.5 Å². The highest BCUT2D eigenvalue weighted by Gasteiger charge is 2.21. The molecule has 140 valence electrons. The van der Waals surface area contributed by atoms with Gasteiger partial charge in [-0.25, -0.2) is 0 Å². The Kier molecular flexibility index (Phi) is 5.91. The molecule has 1 aromatic heterocycles. The van der Waals surface area contributed by atoms with E-state index in [1.54, 1.807) is 14.0 Å². The zero-order valence-corrected chi connectivity index (χ0v) is 16.9. The molecule has 0 aliphatic heterocycles. The van der Waals surface area contributed by atoms with Gasteiger partial charge in [0.15, 0.2) is 6.10 Å². The second-order valence-corrected chi connectivity index (χ2v) is 7.21. The Balaban J connectivity index is 1.62. The monoisotopic (exact) mass is 429 g/mol. The number of halogens is 1. The Labute approximate surface area is 166 Å². The molecule has 0 fully saturated rings. The molecule has 3 aromatic rings. The minimum absolute atomic E-state index is 0.168. The van der Waals surface area contributed by atoms with E-state index in [1.165, 1.54) is 4.90 Å². The van der Waals surface area contributed by atoms with Crippen molar-refractivity contribution in [3.05, 3.63) is 64.5 Å². The summed E-state index contributed by atoms with van der Waals surface area (Å²) in [6.45, 7) is 3.91. The van der Waals surface area contributed by atoms with Gasteiger partial charge in [0.1, 0.15) is 5.75 Å². The number of aromatic nitrogens is 2. The van der Waals surface area contributed by atoms with Crippen LogP contribution in [0, 0.1) is 6.92 Å². The van der Waals surface area contributed by atoms with E-state index in [-0.39, 0.29) is 12.5 Å². The summed E-state index contributed by atoms with van der Waals surface area (Å²) in [5.74, 6) is 1.34. The van der Waals surface area contributed by atoms with E-state index < -0.39 is 6.10 Å². The van der Waals surface area contributed by atoms with Crippen molar-refractivity contribution in [2.24, 2.45) is 0 Å². The lowest BCUT2D eigenvalue weighted by Crippen LogP contribution is -2.37. The Morgan fingerprint density at radius 1 is 1.26 bits per heavy atom. The third-order valence-electron chi connectivity index (χ3n) is 3.95. The number of amides is 1. The minimum Gasteiger partial charge on any atom is -0.481 e. The molecule has 6 nitrogen and oxygen atoms in total. The van der Waals surface area contributed by atoms with Crippen LogP contribution in [0.3, 0.4) is 0 Å². The molecule has 27 heavy (non-hydrogen) atoms. The zero-order chi connectivity index (χ0) is 19.4. The summed E-state index contributed by atoms with van der Waals surface area (Å²) < 4.78 is 12.0. The first-order valence-corrected chi connectivity index (χ1v) is 9.28. The summed E-state index contributed by atoms with van der Waals surface area (Å²) in [5.41, 5.74) is 1.91. The van der Waals surface area contributed by atoms with Gasteiger partial charge in [0, 0.05) is 17.1 Å². The number of rotatable bonds is 6. The van der Waals surface area contributed by atoms with Gasteiger partial charge in [-0.05, 0) is 43.7 Å². The predicted octanol–water partition coefficient (Wildman–Crippen LogP) is 4.23. The molecule has 0 radical (unpaired) electrons. The van der Waals surface area contributed by atoms with Gasteiger partial charge in [0.05, 0.1) is 6.54 Å². The maximum absolute atomic E-state index is 12.6.